The molecule has 9 heteroatoms. The standard InChI is InChI=1S/C12H21F3N2O3S/c1-11(2,3)8-9(12(13,14)15)16-10(18)17-4-6-21(19,20)7-5-17/h9H,4-8H2,1-3H3,(H,16,18). The molecule has 1 N–H and O–H groups in total. The number of nitrogens with zero attached hydrogens (tertiary/aromatic N) is 1. The molecule has 0 radical (unpaired) electrons. The van der Waals surface area contributed by atoms with Gasteiger partial charge in [0.25, 0.3) is 0 Å². The van der Waals surface area contributed by atoms with Crippen LogP contribution in [-0.4, -0.2) is 56.2 Å². The van der Waals surface area contributed by atoms with Gasteiger partial charge in [-0.25, -0.2) is 13.2 Å². The minimum atomic E-state index is -4.54. The molecule has 1 atom stereocenters. The summed E-state index contributed by atoms with van der Waals surface area (Å²) in [7, 11) is -3.18. The summed E-state index contributed by atoms with van der Waals surface area (Å²) >= 11 is 0. The van der Waals surface area contributed by atoms with E-state index in [1.807, 2.05) is 5.32 Å². The predicted molar refractivity (Wildman–Crippen MR) is 72.7 cm³/mol. The van der Waals surface area contributed by atoms with Gasteiger partial charge >= 0.3 is 12.2 Å². The molecule has 124 valence electrons. The van der Waals surface area contributed by atoms with Gasteiger partial charge in [-0.3, -0.25) is 0 Å². The summed E-state index contributed by atoms with van der Waals surface area (Å²) in [5.41, 5.74) is -0.599. The fraction of sp³-hybridized carbons (Fsp3) is 0.917. The zero-order chi connectivity index (χ0) is 16.5. The van der Waals surface area contributed by atoms with Crippen molar-refractivity contribution in [2.45, 2.75) is 39.4 Å². The van der Waals surface area contributed by atoms with Crippen LogP contribution in [0, 0.1) is 5.41 Å². The predicted octanol–water partition coefficient (Wildman–Crippen LogP) is 1.79. The van der Waals surface area contributed by atoms with Crippen LogP contribution in [0.4, 0.5) is 18.0 Å². The first kappa shape index (κ1) is 18.1. The molecule has 0 aromatic carbocycles. The molecule has 1 heterocycles. The van der Waals surface area contributed by atoms with E-state index in [9.17, 15) is 26.4 Å². The third-order valence-corrected chi connectivity index (χ3v) is 4.75. The van der Waals surface area contributed by atoms with Gasteiger partial charge in [0.1, 0.15) is 6.04 Å². The Balaban J connectivity index is 2.69. The lowest BCUT2D eigenvalue weighted by Crippen LogP contribution is -2.54. The van der Waals surface area contributed by atoms with E-state index in [1.54, 1.807) is 20.8 Å². The highest BCUT2D eigenvalue weighted by Gasteiger charge is 2.43. The number of rotatable bonds is 2. The van der Waals surface area contributed by atoms with E-state index in [0.29, 0.717) is 0 Å². The lowest BCUT2D eigenvalue weighted by Gasteiger charge is -2.32. The van der Waals surface area contributed by atoms with Gasteiger partial charge in [-0.2, -0.15) is 13.2 Å². The average molecular weight is 330 g/mol. The monoisotopic (exact) mass is 330 g/mol. The van der Waals surface area contributed by atoms with Crippen LogP contribution >= 0.6 is 0 Å². The Morgan fingerprint density at radius 3 is 2.05 bits per heavy atom. The maximum Gasteiger partial charge on any atom is 0.408 e. The topological polar surface area (TPSA) is 66.5 Å². The van der Waals surface area contributed by atoms with Crippen LogP contribution in [0.2, 0.25) is 0 Å². The van der Waals surface area contributed by atoms with E-state index in [1.165, 1.54) is 0 Å². The van der Waals surface area contributed by atoms with E-state index >= 15 is 0 Å². The Labute approximate surface area is 122 Å². The highest BCUT2D eigenvalue weighted by atomic mass is 32.2. The minimum Gasteiger partial charge on any atom is -0.326 e. The van der Waals surface area contributed by atoms with Crippen molar-refractivity contribution in [1.29, 1.82) is 0 Å². The minimum absolute atomic E-state index is 0.0751. The SMILES string of the molecule is CC(C)(C)CC(NC(=O)N1CCS(=O)(=O)CC1)C(F)(F)F. The highest BCUT2D eigenvalue weighted by Crippen LogP contribution is 2.30. The smallest absolute Gasteiger partial charge is 0.326 e. The third-order valence-electron chi connectivity index (χ3n) is 3.14. The number of carbonyl (C=O) groups is 1. The summed E-state index contributed by atoms with van der Waals surface area (Å²) in [4.78, 5) is 13.0. The van der Waals surface area contributed by atoms with Crippen molar-refractivity contribution in [1.82, 2.24) is 10.2 Å². The Kier molecular flexibility index (Phi) is 5.18. The first-order valence-corrected chi connectivity index (χ1v) is 8.45. The van der Waals surface area contributed by atoms with Gasteiger partial charge in [0.05, 0.1) is 11.5 Å². The van der Waals surface area contributed by atoms with E-state index < -0.39 is 33.5 Å². The number of urea groups is 1. The number of hydrogen-bond acceptors (Lipinski definition) is 3. The maximum absolute atomic E-state index is 13.0. The Hall–Kier alpha value is -0.990. The Bertz CT molecular complexity index is 469. The zero-order valence-corrected chi connectivity index (χ0v) is 13.1. The molecule has 0 aromatic rings. The van der Waals surface area contributed by atoms with Crippen LogP contribution in [0.15, 0.2) is 0 Å². The van der Waals surface area contributed by atoms with Gasteiger partial charge in [-0.05, 0) is 11.8 Å². The van der Waals surface area contributed by atoms with Crippen LogP contribution in [0.3, 0.4) is 0 Å². The molecule has 0 aromatic heterocycles. The van der Waals surface area contributed by atoms with Gasteiger partial charge in [0.2, 0.25) is 0 Å². The number of hydrogen-bond donors (Lipinski definition) is 1. The van der Waals surface area contributed by atoms with Gasteiger partial charge < -0.3 is 10.2 Å². The molecule has 0 bridgehead atoms. The van der Waals surface area contributed by atoms with Gasteiger partial charge in [-0.15, -0.1) is 0 Å². The molecule has 0 spiro atoms. The summed E-state index contributed by atoms with van der Waals surface area (Å²) in [6.07, 6.45) is -4.78. The van der Waals surface area contributed by atoms with Gasteiger partial charge in [-0.1, -0.05) is 20.8 Å². The lowest BCUT2D eigenvalue weighted by molar-refractivity contribution is -0.159. The quantitative estimate of drug-likeness (QED) is 0.839. The maximum atomic E-state index is 13.0. The van der Waals surface area contributed by atoms with Crippen molar-refractivity contribution < 1.29 is 26.4 Å². The first-order chi connectivity index (χ1) is 9.30. The molecule has 1 rings (SSSR count). The van der Waals surface area contributed by atoms with E-state index in [4.69, 9.17) is 0 Å². The highest BCUT2D eigenvalue weighted by molar-refractivity contribution is 7.91. The fourth-order valence-electron chi connectivity index (χ4n) is 2.02. The fourth-order valence-corrected chi connectivity index (χ4v) is 3.22. The van der Waals surface area contributed by atoms with Crippen molar-refractivity contribution in [3.8, 4) is 0 Å². The molecule has 5 nitrogen and oxygen atoms in total. The number of carbonyl (C=O) groups excluding carboxylic acids is 1. The summed E-state index contributed by atoms with van der Waals surface area (Å²) in [6, 6.07) is -2.81. The van der Waals surface area contributed by atoms with Crippen LogP contribution in [0.5, 0.6) is 0 Å². The molecule has 1 unspecified atom stereocenters. The number of nitrogens with one attached hydrogen (secondary N) is 1. The van der Waals surface area contributed by atoms with Crippen LogP contribution in [0.25, 0.3) is 0 Å². The average Bonchev–Trinajstić information content (AvgIpc) is 2.24. The van der Waals surface area contributed by atoms with Crippen molar-refractivity contribution >= 4 is 15.9 Å². The van der Waals surface area contributed by atoms with Crippen molar-refractivity contribution in [2.75, 3.05) is 24.6 Å². The third kappa shape index (κ3) is 6.11. The van der Waals surface area contributed by atoms with E-state index in [0.717, 1.165) is 4.90 Å². The van der Waals surface area contributed by atoms with Crippen molar-refractivity contribution in [2.24, 2.45) is 5.41 Å². The number of amides is 2. The summed E-state index contributed by atoms with van der Waals surface area (Å²) in [6.45, 7) is 4.82. The lowest BCUT2D eigenvalue weighted by atomic mass is 9.88. The second-order valence-electron chi connectivity index (χ2n) is 6.45. The molecule has 0 aliphatic carbocycles. The summed E-state index contributed by atoms with van der Waals surface area (Å²) in [5.74, 6) is -0.424. The second-order valence-corrected chi connectivity index (χ2v) is 8.75. The van der Waals surface area contributed by atoms with E-state index in [2.05, 4.69) is 0 Å². The second kappa shape index (κ2) is 6.02. The molecule has 1 fully saturated rings. The molecule has 1 aliphatic rings. The molecule has 1 saturated heterocycles. The number of alkyl halides is 3. The van der Waals surface area contributed by atoms with Crippen LogP contribution in [-0.2, 0) is 9.84 Å². The largest absolute Gasteiger partial charge is 0.408 e. The number of halogens is 3. The van der Waals surface area contributed by atoms with Crippen molar-refractivity contribution in [3.05, 3.63) is 0 Å². The number of sulfone groups is 1. The Morgan fingerprint density at radius 1 is 1.19 bits per heavy atom. The molecule has 0 saturated carbocycles. The van der Waals surface area contributed by atoms with Crippen LogP contribution in [0.1, 0.15) is 27.2 Å². The molecule has 2 amide bonds. The van der Waals surface area contributed by atoms with Crippen LogP contribution < -0.4 is 5.32 Å². The van der Waals surface area contributed by atoms with Gasteiger partial charge in [0.15, 0.2) is 9.84 Å². The zero-order valence-electron chi connectivity index (χ0n) is 12.3. The molecule has 21 heavy (non-hydrogen) atoms. The first-order valence-electron chi connectivity index (χ1n) is 6.63. The summed E-state index contributed by atoms with van der Waals surface area (Å²) in [5, 5.41) is 1.98. The molecular formula is C12H21F3N2O3S. The Morgan fingerprint density at radius 2 is 1.67 bits per heavy atom. The molecule has 1 aliphatic heterocycles. The normalized spacial score (nSPS) is 21.0. The van der Waals surface area contributed by atoms with E-state index in [-0.39, 0.29) is 31.0 Å². The van der Waals surface area contributed by atoms with Gasteiger partial charge in [0, 0.05) is 13.1 Å². The summed E-state index contributed by atoms with van der Waals surface area (Å²) < 4.78 is 61.4. The van der Waals surface area contributed by atoms with Crippen molar-refractivity contribution in [3.63, 3.8) is 0 Å². The molecular weight excluding hydrogens is 309 g/mol.